The molecule has 1 unspecified atom stereocenters. The lowest BCUT2D eigenvalue weighted by atomic mass is 10.2. The maximum Gasteiger partial charge on any atom is 0.241 e. The second kappa shape index (κ2) is 7.96. The molecule has 0 saturated carbocycles. The first-order valence-electron chi connectivity index (χ1n) is 6.12. The van der Waals surface area contributed by atoms with Crippen LogP contribution < -0.4 is 15.4 Å². The molecule has 1 aromatic rings. The Balaban J connectivity index is 0.00000180. The van der Waals surface area contributed by atoms with Crippen LogP contribution in [-0.2, 0) is 4.79 Å². The Labute approximate surface area is 118 Å². The molecule has 1 saturated heterocycles. The van der Waals surface area contributed by atoms with E-state index in [0.717, 1.165) is 19.4 Å². The van der Waals surface area contributed by atoms with Gasteiger partial charge in [0.05, 0.1) is 6.04 Å². The minimum absolute atomic E-state index is 0. The molecule has 1 atom stereocenters. The molecule has 1 fully saturated rings. The normalized spacial score (nSPS) is 17.6. The van der Waals surface area contributed by atoms with Crippen LogP contribution in [0.1, 0.15) is 12.8 Å². The number of hydrogen-bond donors (Lipinski definition) is 2. The van der Waals surface area contributed by atoms with E-state index in [2.05, 4.69) is 10.6 Å². The largest absolute Gasteiger partial charge is 0.491 e. The number of alkyl halides is 1. The molecule has 4 nitrogen and oxygen atoms in total. The molecule has 1 aliphatic rings. The molecule has 1 aliphatic heterocycles. The van der Waals surface area contributed by atoms with E-state index < -0.39 is 6.67 Å². The van der Waals surface area contributed by atoms with Crippen molar-refractivity contribution in [1.29, 1.82) is 0 Å². The molecule has 1 aromatic carbocycles. The molecule has 0 aromatic heterocycles. The van der Waals surface area contributed by atoms with E-state index >= 15 is 0 Å². The number of hydrogen-bond acceptors (Lipinski definition) is 3. The van der Waals surface area contributed by atoms with E-state index in [9.17, 15) is 9.18 Å². The molecule has 19 heavy (non-hydrogen) atoms. The Morgan fingerprint density at radius 1 is 1.53 bits per heavy atom. The second-order valence-electron chi connectivity index (χ2n) is 4.20. The fourth-order valence-electron chi connectivity index (χ4n) is 1.96. The van der Waals surface area contributed by atoms with Crippen molar-refractivity contribution in [1.82, 2.24) is 5.32 Å². The van der Waals surface area contributed by atoms with Crippen LogP contribution in [0, 0.1) is 0 Å². The molecule has 0 bridgehead atoms. The molecule has 1 heterocycles. The van der Waals surface area contributed by atoms with Gasteiger partial charge in [-0.1, -0.05) is 6.07 Å². The number of ether oxygens (including phenoxy) is 1. The average Bonchev–Trinajstić information content (AvgIpc) is 2.91. The number of rotatable bonds is 5. The van der Waals surface area contributed by atoms with Gasteiger partial charge in [0.25, 0.3) is 0 Å². The number of amides is 1. The summed E-state index contributed by atoms with van der Waals surface area (Å²) in [4.78, 5) is 11.9. The molecule has 1 amide bonds. The van der Waals surface area contributed by atoms with Gasteiger partial charge in [-0.05, 0) is 31.5 Å². The van der Waals surface area contributed by atoms with E-state index in [1.807, 2.05) is 0 Å². The van der Waals surface area contributed by atoms with Gasteiger partial charge in [-0.25, -0.2) is 4.39 Å². The maximum atomic E-state index is 12.0. The van der Waals surface area contributed by atoms with Gasteiger partial charge >= 0.3 is 0 Å². The predicted octanol–water partition coefficient (Wildman–Crippen LogP) is 2.15. The monoisotopic (exact) mass is 288 g/mol. The zero-order valence-electron chi connectivity index (χ0n) is 10.5. The van der Waals surface area contributed by atoms with E-state index in [0.29, 0.717) is 11.4 Å². The topological polar surface area (TPSA) is 50.4 Å². The van der Waals surface area contributed by atoms with Gasteiger partial charge in [0, 0.05) is 11.8 Å². The number of anilines is 1. The highest BCUT2D eigenvalue weighted by Crippen LogP contribution is 2.18. The van der Waals surface area contributed by atoms with Crippen molar-refractivity contribution < 1.29 is 13.9 Å². The lowest BCUT2D eigenvalue weighted by Crippen LogP contribution is -2.35. The number of nitrogens with one attached hydrogen (secondary N) is 2. The van der Waals surface area contributed by atoms with Gasteiger partial charge in [-0.2, -0.15) is 0 Å². The third-order valence-corrected chi connectivity index (χ3v) is 2.82. The Bertz CT molecular complexity index is 411. The number of carbonyl (C=O) groups is 1. The summed E-state index contributed by atoms with van der Waals surface area (Å²) in [5, 5.41) is 5.96. The molecule has 6 heteroatoms. The zero-order valence-corrected chi connectivity index (χ0v) is 11.3. The molecule has 2 rings (SSSR count). The Morgan fingerprint density at radius 3 is 3.05 bits per heavy atom. The fraction of sp³-hybridized carbons (Fsp3) is 0.462. The third kappa shape index (κ3) is 4.69. The van der Waals surface area contributed by atoms with Gasteiger partial charge in [0.2, 0.25) is 5.91 Å². The highest BCUT2D eigenvalue weighted by molar-refractivity contribution is 5.95. The van der Waals surface area contributed by atoms with E-state index in [1.54, 1.807) is 24.3 Å². The minimum atomic E-state index is -0.525. The zero-order chi connectivity index (χ0) is 12.8. The van der Waals surface area contributed by atoms with Crippen molar-refractivity contribution in [2.24, 2.45) is 0 Å². The van der Waals surface area contributed by atoms with Crippen LogP contribution in [0.25, 0.3) is 0 Å². The van der Waals surface area contributed by atoms with Gasteiger partial charge in [0.1, 0.15) is 19.0 Å². The van der Waals surface area contributed by atoms with Gasteiger partial charge in [-0.15, -0.1) is 12.4 Å². The van der Waals surface area contributed by atoms with Crippen molar-refractivity contribution in [3.63, 3.8) is 0 Å². The van der Waals surface area contributed by atoms with Gasteiger partial charge in [-0.3, -0.25) is 4.79 Å². The first kappa shape index (κ1) is 15.7. The van der Waals surface area contributed by atoms with E-state index in [1.165, 1.54) is 0 Å². The first-order valence-corrected chi connectivity index (χ1v) is 6.12. The van der Waals surface area contributed by atoms with Gasteiger partial charge in [0.15, 0.2) is 0 Å². The number of carbonyl (C=O) groups excluding carboxylic acids is 1. The van der Waals surface area contributed by atoms with Crippen molar-refractivity contribution in [3.8, 4) is 5.75 Å². The lowest BCUT2D eigenvalue weighted by molar-refractivity contribution is -0.117. The highest BCUT2D eigenvalue weighted by Gasteiger charge is 2.21. The second-order valence-corrected chi connectivity index (χ2v) is 4.20. The van der Waals surface area contributed by atoms with Crippen LogP contribution in [0.4, 0.5) is 10.1 Å². The summed E-state index contributed by atoms with van der Waals surface area (Å²) in [7, 11) is 0. The molecule has 0 aliphatic carbocycles. The molecule has 106 valence electrons. The fourth-order valence-corrected chi connectivity index (χ4v) is 1.96. The number of benzene rings is 1. The number of halogens is 2. The third-order valence-electron chi connectivity index (χ3n) is 2.82. The first-order chi connectivity index (χ1) is 8.79. The van der Waals surface area contributed by atoms with Crippen LogP contribution >= 0.6 is 12.4 Å². The minimum Gasteiger partial charge on any atom is -0.491 e. The summed E-state index contributed by atoms with van der Waals surface area (Å²) >= 11 is 0. The Hall–Kier alpha value is -1.33. The molecule has 0 radical (unpaired) electrons. The van der Waals surface area contributed by atoms with E-state index in [-0.39, 0.29) is 31.0 Å². The molecule has 0 spiro atoms. The summed E-state index contributed by atoms with van der Waals surface area (Å²) in [6.45, 7) is 0.391. The van der Waals surface area contributed by atoms with Crippen LogP contribution in [0.5, 0.6) is 5.75 Å². The highest BCUT2D eigenvalue weighted by atomic mass is 35.5. The smallest absolute Gasteiger partial charge is 0.241 e. The maximum absolute atomic E-state index is 12.0. The molecular formula is C13H18ClFN2O2. The van der Waals surface area contributed by atoms with Crippen LogP contribution in [0.15, 0.2) is 24.3 Å². The lowest BCUT2D eigenvalue weighted by Gasteiger charge is -2.12. The standard InChI is InChI=1S/C13H17FN2O2.ClH/c14-6-8-18-11-4-1-3-10(9-11)16-13(17)12-5-2-7-15-12;/h1,3-4,9,12,15H,2,5-8H2,(H,16,17);1H. The SMILES string of the molecule is Cl.O=C(Nc1cccc(OCCF)c1)C1CCCN1. The summed E-state index contributed by atoms with van der Waals surface area (Å²) < 4.78 is 17.2. The van der Waals surface area contributed by atoms with Crippen molar-refractivity contribution in [2.45, 2.75) is 18.9 Å². The van der Waals surface area contributed by atoms with Crippen LogP contribution in [-0.4, -0.2) is 31.8 Å². The van der Waals surface area contributed by atoms with Crippen molar-refractivity contribution in [2.75, 3.05) is 25.1 Å². The van der Waals surface area contributed by atoms with Crippen molar-refractivity contribution >= 4 is 24.0 Å². The Morgan fingerprint density at radius 2 is 2.37 bits per heavy atom. The Kier molecular flexibility index (Phi) is 6.59. The van der Waals surface area contributed by atoms with Gasteiger partial charge < -0.3 is 15.4 Å². The summed E-state index contributed by atoms with van der Waals surface area (Å²) in [6, 6.07) is 6.88. The summed E-state index contributed by atoms with van der Waals surface area (Å²) in [6.07, 6.45) is 1.89. The summed E-state index contributed by atoms with van der Waals surface area (Å²) in [5.41, 5.74) is 0.671. The predicted molar refractivity (Wildman–Crippen MR) is 74.8 cm³/mol. The molecule has 2 N–H and O–H groups in total. The average molecular weight is 289 g/mol. The van der Waals surface area contributed by atoms with Crippen molar-refractivity contribution in [3.05, 3.63) is 24.3 Å². The van der Waals surface area contributed by atoms with Crippen LogP contribution in [0.3, 0.4) is 0 Å². The summed E-state index contributed by atoms with van der Waals surface area (Å²) in [5.74, 6) is 0.528. The van der Waals surface area contributed by atoms with E-state index in [4.69, 9.17) is 4.74 Å². The van der Waals surface area contributed by atoms with Crippen LogP contribution in [0.2, 0.25) is 0 Å². The quantitative estimate of drug-likeness (QED) is 0.873. The molecular weight excluding hydrogens is 271 g/mol.